The predicted molar refractivity (Wildman–Crippen MR) is 135 cm³/mol. The van der Waals surface area contributed by atoms with Gasteiger partial charge in [0.1, 0.15) is 0 Å². The molecule has 2 N–H and O–H groups in total. The lowest BCUT2D eigenvalue weighted by molar-refractivity contribution is 0.00578. The van der Waals surface area contributed by atoms with Crippen LogP contribution in [0.25, 0.3) is 10.8 Å². The molecule has 0 aromatic heterocycles. The number of rotatable bonds is 2. The van der Waals surface area contributed by atoms with Crippen LogP contribution in [0.1, 0.15) is 72.6 Å². The van der Waals surface area contributed by atoms with Gasteiger partial charge in [-0.3, -0.25) is 0 Å². The molecule has 3 fully saturated rings. The van der Waals surface area contributed by atoms with Crippen LogP contribution in [0.15, 0.2) is 36.4 Å². The third-order valence-electron chi connectivity index (χ3n) is 9.52. The van der Waals surface area contributed by atoms with E-state index in [1.807, 2.05) is 0 Å². The van der Waals surface area contributed by atoms with Gasteiger partial charge in [-0.2, -0.15) is 0 Å². The molecule has 32 heavy (non-hydrogen) atoms. The highest BCUT2D eigenvalue weighted by atomic mass is 16.7. The topological polar surface area (TPSA) is 42.5 Å². The number of anilines is 2. The van der Waals surface area contributed by atoms with Crippen LogP contribution in [-0.2, 0) is 9.31 Å². The number of hydrogen-bond donors (Lipinski definition) is 2. The lowest BCUT2D eigenvalue weighted by Gasteiger charge is -2.54. The van der Waals surface area contributed by atoms with Gasteiger partial charge in [-0.15, -0.1) is 0 Å². The first kappa shape index (κ1) is 20.9. The molecule has 0 bridgehead atoms. The fraction of sp³-hybridized carbons (Fsp3) is 0.615. The second kappa shape index (κ2) is 7.17. The molecular formula is C26H36B2N2O2. The molecule has 0 spiro atoms. The molecule has 4 nitrogen and oxygen atoms in total. The summed E-state index contributed by atoms with van der Waals surface area (Å²) in [6.45, 7) is 8.86. The third-order valence-corrected chi connectivity index (χ3v) is 9.52. The summed E-state index contributed by atoms with van der Waals surface area (Å²) in [5.74, 6) is 1.38. The Kier molecular flexibility index (Phi) is 4.69. The Morgan fingerprint density at radius 1 is 0.812 bits per heavy atom. The zero-order chi connectivity index (χ0) is 22.1. The predicted octanol–water partition coefficient (Wildman–Crippen LogP) is 6.53. The summed E-state index contributed by atoms with van der Waals surface area (Å²) in [5, 5.41) is 10.4. The molecule has 2 saturated carbocycles. The fourth-order valence-corrected chi connectivity index (χ4v) is 7.16. The van der Waals surface area contributed by atoms with Gasteiger partial charge in [-0.05, 0) is 57.0 Å². The van der Waals surface area contributed by atoms with Crippen molar-refractivity contribution in [3.63, 3.8) is 0 Å². The Morgan fingerprint density at radius 3 is 2.06 bits per heavy atom. The summed E-state index contributed by atoms with van der Waals surface area (Å²) in [4.78, 5) is 0. The second-order valence-corrected chi connectivity index (χ2v) is 11.7. The van der Waals surface area contributed by atoms with Gasteiger partial charge in [0.05, 0.1) is 11.2 Å². The van der Waals surface area contributed by atoms with Crippen LogP contribution >= 0.6 is 0 Å². The van der Waals surface area contributed by atoms with Gasteiger partial charge in [-0.1, -0.05) is 69.2 Å². The summed E-state index contributed by atoms with van der Waals surface area (Å²) in [5.41, 5.74) is 1.82. The Morgan fingerprint density at radius 2 is 1.41 bits per heavy atom. The van der Waals surface area contributed by atoms with Crippen molar-refractivity contribution >= 4 is 36.2 Å². The molecule has 0 radical (unpaired) electrons. The van der Waals surface area contributed by atoms with E-state index in [9.17, 15) is 0 Å². The van der Waals surface area contributed by atoms with Crippen molar-refractivity contribution in [1.82, 2.24) is 0 Å². The van der Waals surface area contributed by atoms with Gasteiger partial charge in [0, 0.05) is 22.0 Å². The molecular weight excluding hydrogens is 394 g/mol. The SMILES string of the molecule is CC1(C)OB([C@]2(B3Nc4cccc5cccc(c45)N3)CCC[C@H]3CCCC[C@@H]32)OC1(C)C. The van der Waals surface area contributed by atoms with E-state index in [1.54, 1.807) is 0 Å². The standard InChI is InChI=1S/C26H36B2N2O2/c1-24(2)25(3,4)32-28(31-24)26(17-9-13-18-10-5-6-14-20(18)26)27-29-21-15-7-11-19-12-8-16-22(30-27)23(19)21/h7-8,11-12,15-16,18,20,29-30H,5-6,9-10,13-14,17H2,1-4H3/t18-,20+,26-/m1/s1. The summed E-state index contributed by atoms with van der Waals surface area (Å²) in [6, 6.07) is 13.2. The van der Waals surface area contributed by atoms with E-state index in [4.69, 9.17) is 9.31 Å². The quantitative estimate of drug-likeness (QED) is 0.532. The molecule has 2 heterocycles. The summed E-state index contributed by atoms with van der Waals surface area (Å²) in [7, 11) is -0.215. The van der Waals surface area contributed by atoms with Gasteiger partial charge >= 0.3 is 14.1 Å². The largest absolute Gasteiger partial charge is 0.461 e. The smallest absolute Gasteiger partial charge is 0.409 e. The minimum absolute atomic E-state index is 0.0867. The highest BCUT2D eigenvalue weighted by Gasteiger charge is 2.68. The van der Waals surface area contributed by atoms with Gasteiger partial charge < -0.3 is 19.8 Å². The van der Waals surface area contributed by atoms with Crippen molar-refractivity contribution in [2.75, 3.05) is 10.5 Å². The number of benzene rings is 2. The molecule has 1 saturated heterocycles. The van der Waals surface area contributed by atoms with Gasteiger partial charge in [0.15, 0.2) is 0 Å². The van der Waals surface area contributed by atoms with E-state index in [0.29, 0.717) is 5.92 Å². The molecule has 2 aromatic carbocycles. The Hall–Kier alpha value is -1.65. The van der Waals surface area contributed by atoms with Crippen molar-refractivity contribution in [2.24, 2.45) is 11.8 Å². The first-order chi connectivity index (χ1) is 15.3. The van der Waals surface area contributed by atoms with E-state index >= 15 is 0 Å². The van der Waals surface area contributed by atoms with Crippen LogP contribution in [0.2, 0.25) is 5.21 Å². The van der Waals surface area contributed by atoms with Crippen LogP contribution in [0.3, 0.4) is 0 Å². The number of hydrogen-bond acceptors (Lipinski definition) is 4. The van der Waals surface area contributed by atoms with E-state index in [0.717, 1.165) is 12.3 Å². The van der Waals surface area contributed by atoms with E-state index in [2.05, 4.69) is 74.5 Å². The molecule has 0 unspecified atom stereocenters. The normalized spacial score (nSPS) is 32.9. The lowest BCUT2D eigenvalue weighted by atomic mass is 9.26. The van der Waals surface area contributed by atoms with Gasteiger partial charge in [0.25, 0.3) is 0 Å². The van der Waals surface area contributed by atoms with Gasteiger partial charge in [0.2, 0.25) is 0 Å². The molecule has 2 aromatic rings. The number of fused-ring (bicyclic) bond motifs is 1. The van der Waals surface area contributed by atoms with Crippen molar-refractivity contribution in [1.29, 1.82) is 0 Å². The summed E-state index contributed by atoms with van der Waals surface area (Å²) in [6.07, 6.45) is 9.05. The minimum atomic E-state index is -0.321. The number of nitrogens with one attached hydrogen (secondary N) is 2. The Labute approximate surface area is 193 Å². The average Bonchev–Trinajstić information content (AvgIpc) is 3.00. The molecule has 0 amide bonds. The monoisotopic (exact) mass is 430 g/mol. The van der Waals surface area contributed by atoms with Gasteiger partial charge in [-0.25, -0.2) is 0 Å². The Bertz CT molecular complexity index is 983. The van der Waals surface area contributed by atoms with Crippen molar-refractivity contribution in [2.45, 2.75) is 89.1 Å². The maximum Gasteiger partial charge on any atom is 0.461 e. The maximum atomic E-state index is 6.87. The molecule has 2 aliphatic carbocycles. The zero-order valence-corrected chi connectivity index (χ0v) is 20.0. The first-order valence-corrected chi connectivity index (χ1v) is 12.7. The molecule has 2 aliphatic heterocycles. The molecule has 168 valence electrons. The lowest BCUT2D eigenvalue weighted by Crippen LogP contribution is -2.62. The molecule has 4 aliphatic rings. The summed E-state index contributed by atoms with van der Waals surface area (Å²) >= 11 is 0. The maximum absolute atomic E-state index is 6.87. The highest BCUT2D eigenvalue weighted by molar-refractivity contribution is 6.83. The average molecular weight is 430 g/mol. The highest BCUT2D eigenvalue weighted by Crippen LogP contribution is 2.62. The minimum Gasteiger partial charge on any atom is -0.409 e. The van der Waals surface area contributed by atoms with Crippen molar-refractivity contribution in [3.05, 3.63) is 36.4 Å². The van der Waals surface area contributed by atoms with Crippen LogP contribution in [0, 0.1) is 11.8 Å². The van der Waals surface area contributed by atoms with Crippen LogP contribution in [-0.4, -0.2) is 25.3 Å². The van der Waals surface area contributed by atoms with Crippen LogP contribution in [0.5, 0.6) is 0 Å². The van der Waals surface area contributed by atoms with Crippen molar-refractivity contribution in [3.8, 4) is 0 Å². The Balaban J connectivity index is 1.47. The molecule has 3 atom stereocenters. The molecule has 6 heteroatoms. The third kappa shape index (κ3) is 2.91. The van der Waals surface area contributed by atoms with E-state index in [-0.39, 0.29) is 30.5 Å². The fourth-order valence-electron chi connectivity index (χ4n) is 7.16. The first-order valence-electron chi connectivity index (χ1n) is 12.7. The second-order valence-electron chi connectivity index (χ2n) is 11.7. The van der Waals surface area contributed by atoms with E-state index in [1.165, 1.54) is 60.7 Å². The van der Waals surface area contributed by atoms with Crippen LogP contribution in [0.4, 0.5) is 11.4 Å². The van der Waals surface area contributed by atoms with E-state index < -0.39 is 0 Å². The molecule has 6 rings (SSSR count). The van der Waals surface area contributed by atoms with Crippen LogP contribution < -0.4 is 10.5 Å². The van der Waals surface area contributed by atoms with Crippen molar-refractivity contribution < 1.29 is 9.31 Å². The summed E-state index contributed by atoms with van der Waals surface area (Å²) < 4.78 is 13.7. The zero-order valence-electron chi connectivity index (χ0n) is 20.0.